The topological polar surface area (TPSA) is 23.8 Å². The summed E-state index contributed by atoms with van der Waals surface area (Å²) in [6.45, 7) is 4.53. The fourth-order valence-electron chi connectivity index (χ4n) is 5.32. The van der Waals surface area contributed by atoms with Gasteiger partial charge in [0.1, 0.15) is 0 Å². The van der Waals surface area contributed by atoms with Crippen LogP contribution in [0.5, 0.6) is 0 Å². The van der Waals surface area contributed by atoms with E-state index in [0.717, 1.165) is 23.7 Å². The zero-order chi connectivity index (χ0) is 12.8. The molecule has 100 valence electrons. The highest BCUT2D eigenvalue weighted by Crippen LogP contribution is 2.56. The fourth-order valence-corrected chi connectivity index (χ4v) is 5.32. The van der Waals surface area contributed by atoms with Crippen LogP contribution >= 0.6 is 0 Å². The van der Waals surface area contributed by atoms with Crippen LogP contribution in [0.4, 0.5) is 0 Å². The number of rotatable bonds is 0. The lowest BCUT2D eigenvalue weighted by molar-refractivity contribution is -0.0252. The Kier molecular flexibility index (Phi) is 3.16. The van der Waals surface area contributed by atoms with Gasteiger partial charge >= 0.3 is 0 Å². The summed E-state index contributed by atoms with van der Waals surface area (Å²) in [4.78, 5) is 0. The second kappa shape index (κ2) is 4.55. The summed E-state index contributed by atoms with van der Waals surface area (Å²) in [7, 11) is 0. The van der Waals surface area contributed by atoms with Gasteiger partial charge in [-0.1, -0.05) is 26.2 Å². The van der Waals surface area contributed by atoms with Crippen molar-refractivity contribution in [3.05, 3.63) is 0 Å². The summed E-state index contributed by atoms with van der Waals surface area (Å²) < 4.78 is 0. The van der Waals surface area contributed by atoms with E-state index in [0.29, 0.717) is 5.92 Å². The van der Waals surface area contributed by atoms with Crippen molar-refractivity contribution < 1.29 is 0 Å². The second-order valence-corrected chi connectivity index (χ2v) is 7.58. The second-order valence-electron chi connectivity index (χ2n) is 7.58. The Hall–Kier alpha value is -0.510. The number of nitriles is 1. The van der Waals surface area contributed by atoms with Gasteiger partial charge in [0, 0.05) is 0 Å². The minimum Gasteiger partial charge on any atom is -0.198 e. The van der Waals surface area contributed by atoms with Crippen molar-refractivity contribution in [3.8, 4) is 6.07 Å². The van der Waals surface area contributed by atoms with Gasteiger partial charge in [0.25, 0.3) is 0 Å². The zero-order valence-electron chi connectivity index (χ0n) is 12.0. The van der Waals surface area contributed by atoms with Crippen LogP contribution in [0.1, 0.15) is 65.2 Å². The van der Waals surface area contributed by atoms with Crippen LogP contribution in [0.25, 0.3) is 0 Å². The normalized spacial score (nSPS) is 51.9. The molecular formula is C17H27N. The molecule has 0 saturated heterocycles. The van der Waals surface area contributed by atoms with E-state index < -0.39 is 0 Å². The van der Waals surface area contributed by atoms with E-state index in [2.05, 4.69) is 19.9 Å². The first-order valence-corrected chi connectivity index (χ1v) is 8.05. The Morgan fingerprint density at radius 3 is 2.50 bits per heavy atom. The monoisotopic (exact) mass is 245 g/mol. The molecule has 3 saturated carbocycles. The molecule has 0 heterocycles. The van der Waals surface area contributed by atoms with Crippen LogP contribution in [-0.2, 0) is 0 Å². The summed E-state index contributed by atoms with van der Waals surface area (Å²) in [5.41, 5.74) is -0.0412. The molecule has 0 bridgehead atoms. The molecule has 3 aliphatic rings. The predicted octanol–water partition coefficient (Wildman–Crippen LogP) is 4.78. The third-order valence-corrected chi connectivity index (χ3v) is 6.69. The first-order valence-electron chi connectivity index (χ1n) is 8.05. The molecule has 6 unspecified atom stereocenters. The molecule has 0 N–H and O–H groups in total. The minimum atomic E-state index is -0.0412. The van der Waals surface area contributed by atoms with Gasteiger partial charge in [0.2, 0.25) is 0 Å². The van der Waals surface area contributed by atoms with Crippen LogP contribution in [0.3, 0.4) is 0 Å². The predicted molar refractivity (Wildman–Crippen MR) is 73.8 cm³/mol. The van der Waals surface area contributed by atoms with E-state index in [4.69, 9.17) is 0 Å². The molecule has 6 atom stereocenters. The molecule has 0 aliphatic heterocycles. The van der Waals surface area contributed by atoms with Crippen molar-refractivity contribution in [2.45, 2.75) is 65.2 Å². The Balaban J connectivity index is 1.82. The molecular weight excluding hydrogens is 218 g/mol. The van der Waals surface area contributed by atoms with E-state index in [-0.39, 0.29) is 5.41 Å². The van der Waals surface area contributed by atoms with E-state index in [9.17, 15) is 5.26 Å². The smallest absolute Gasteiger partial charge is 0.0689 e. The Bertz CT molecular complexity index is 355. The van der Waals surface area contributed by atoms with E-state index >= 15 is 0 Å². The highest BCUT2D eigenvalue weighted by molar-refractivity contribution is 5.06. The van der Waals surface area contributed by atoms with Gasteiger partial charge in [-0.05, 0) is 68.6 Å². The van der Waals surface area contributed by atoms with Crippen molar-refractivity contribution in [1.29, 1.82) is 5.26 Å². The summed E-state index contributed by atoms with van der Waals surface area (Å²) in [6, 6.07) is 2.66. The van der Waals surface area contributed by atoms with Crippen LogP contribution in [0, 0.1) is 46.3 Å². The lowest BCUT2D eigenvalue weighted by Crippen LogP contribution is -2.45. The van der Waals surface area contributed by atoms with Gasteiger partial charge in [-0.15, -0.1) is 0 Å². The number of nitrogens with zero attached hydrogens (tertiary/aromatic N) is 1. The first kappa shape index (κ1) is 12.5. The molecule has 3 aliphatic carbocycles. The first-order chi connectivity index (χ1) is 8.64. The highest BCUT2D eigenvalue weighted by Gasteiger charge is 2.49. The number of hydrogen-bond donors (Lipinski definition) is 0. The number of fused-ring (bicyclic) bond motifs is 3. The average Bonchev–Trinajstić information content (AvgIpc) is 2.40. The lowest BCUT2D eigenvalue weighted by atomic mass is 9.51. The van der Waals surface area contributed by atoms with Crippen molar-refractivity contribution in [2.24, 2.45) is 35.0 Å². The standard InChI is InChI=1S/C17H27N/c1-12-9-14-8-7-13-5-3-4-6-15(13)16(14)10-17(12,2)11-18/h12-16H,3-10H2,1-2H3. The minimum absolute atomic E-state index is 0.0412. The van der Waals surface area contributed by atoms with Crippen molar-refractivity contribution in [1.82, 2.24) is 0 Å². The molecule has 0 amide bonds. The van der Waals surface area contributed by atoms with E-state index in [1.807, 2.05) is 0 Å². The molecule has 0 aromatic heterocycles. The molecule has 0 aromatic carbocycles. The highest BCUT2D eigenvalue weighted by atomic mass is 14.5. The summed E-state index contributed by atoms with van der Waals surface area (Å²) in [5.74, 6) is 4.41. The third-order valence-electron chi connectivity index (χ3n) is 6.69. The summed E-state index contributed by atoms with van der Waals surface area (Å²) in [5, 5.41) is 9.56. The quantitative estimate of drug-likeness (QED) is 0.602. The summed E-state index contributed by atoms with van der Waals surface area (Å²) >= 11 is 0. The Morgan fingerprint density at radius 2 is 1.72 bits per heavy atom. The van der Waals surface area contributed by atoms with Crippen LogP contribution < -0.4 is 0 Å². The van der Waals surface area contributed by atoms with Gasteiger partial charge in [0.05, 0.1) is 11.5 Å². The molecule has 3 rings (SSSR count). The SMILES string of the molecule is CC1CC2CCC3CCCCC3C2CC1(C)C#N. The van der Waals surface area contributed by atoms with Crippen molar-refractivity contribution in [2.75, 3.05) is 0 Å². The van der Waals surface area contributed by atoms with E-state index in [1.54, 1.807) is 0 Å². The Morgan fingerprint density at radius 1 is 1.00 bits per heavy atom. The molecule has 18 heavy (non-hydrogen) atoms. The van der Waals surface area contributed by atoms with Crippen LogP contribution in [0.2, 0.25) is 0 Å². The van der Waals surface area contributed by atoms with Crippen molar-refractivity contribution >= 4 is 0 Å². The maximum atomic E-state index is 9.56. The molecule has 0 radical (unpaired) electrons. The summed E-state index contributed by atoms with van der Waals surface area (Å²) in [6.07, 6.45) is 11.3. The maximum Gasteiger partial charge on any atom is 0.0689 e. The Labute approximate surface area is 112 Å². The van der Waals surface area contributed by atoms with Gasteiger partial charge in [0.15, 0.2) is 0 Å². The molecule has 0 aromatic rings. The van der Waals surface area contributed by atoms with Crippen LogP contribution in [0.15, 0.2) is 0 Å². The fraction of sp³-hybridized carbons (Fsp3) is 0.941. The number of hydrogen-bond acceptors (Lipinski definition) is 1. The molecule has 3 fully saturated rings. The van der Waals surface area contributed by atoms with Gasteiger partial charge in [-0.25, -0.2) is 0 Å². The van der Waals surface area contributed by atoms with E-state index in [1.165, 1.54) is 51.4 Å². The maximum absolute atomic E-state index is 9.56. The van der Waals surface area contributed by atoms with Gasteiger partial charge in [-0.2, -0.15) is 5.26 Å². The van der Waals surface area contributed by atoms with Crippen molar-refractivity contribution in [3.63, 3.8) is 0 Å². The largest absolute Gasteiger partial charge is 0.198 e. The van der Waals surface area contributed by atoms with Crippen LogP contribution in [-0.4, -0.2) is 0 Å². The van der Waals surface area contributed by atoms with Gasteiger partial charge in [-0.3, -0.25) is 0 Å². The third kappa shape index (κ3) is 1.89. The molecule has 0 spiro atoms. The average molecular weight is 245 g/mol. The zero-order valence-corrected chi connectivity index (χ0v) is 12.0. The van der Waals surface area contributed by atoms with Gasteiger partial charge < -0.3 is 0 Å². The lowest BCUT2D eigenvalue weighted by Gasteiger charge is -2.53. The molecule has 1 nitrogen and oxygen atoms in total. The molecule has 1 heteroatoms.